The molecule has 2 amide bonds. The Bertz CT molecular complexity index is 2210. The number of hydrogen-bond acceptors (Lipinski definition) is 8. The van der Waals surface area contributed by atoms with E-state index < -0.39 is 64.5 Å². The lowest BCUT2D eigenvalue weighted by atomic mass is 9.97. The van der Waals surface area contributed by atoms with Crippen molar-refractivity contribution in [2.45, 2.75) is 95.3 Å². The number of ether oxygens (including phenoxy) is 1. The molecule has 0 aromatic carbocycles. The van der Waals surface area contributed by atoms with Crippen LogP contribution in [-0.4, -0.2) is 36.9 Å². The van der Waals surface area contributed by atoms with Crippen LogP contribution in [-0.2, 0) is 33.3 Å². The number of anilines is 2. The van der Waals surface area contributed by atoms with Crippen LogP contribution in [0.4, 0.5) is 38.0 Å². The summed E-state index contributed by atoms with van der Waals surface area (Å²) >= 11 is 0. The van der Waals surface area contributed by atoms with Crippen molar-refractivity contribution in [1.82, 2.24) is 19.1 Å². The Morgan fingerprint density at radius 3 is 1.74 bits per heavy atom. The molecular weight excluding hydrogens is 774 g/mol. The fourth-order valence-corrected chi connectivity index (χ4v) is 7.48. The Balaban J connectivity index is 1.06. The molecule has 12 nitrogen and oxygen atoms in total. The van der Waals surface area contributed by atoms with E-state index in [4.69, 9.17) is 4.74 Å². The highest BCUT2D eigenvalue weighted by Gasteiger charge is 2.35. The average molecular weight is 815 g/mol. The minimum atomic E-state index is -4.72. The summed E-state index contributed by atoms with van der Waals surface area (Å²) < 4.78 is 87.2. The Kier molecular flexibility index (Phi) is 12.8. The first kappa shape index (κ1) is 41.8. The van der Waals surface area contributed by atoms with Gasteiger partial charge in [0.2, 0.25) is 11.8 Å². The molecule has 6 rings (SSSR count). The van der Waals surface area contributed by atoms with Crippen LogP contribution in [0.5, 0.6) is 0 Å². The fourth-order valence-electron chi connectivity index (χ4n) is 7.48. The highest BCUT2D eigenvalue weighted by molar-refractivity contribution is 5.94. The Hall–Kier alpha value is -5.81. The molecule has 4 aromatic rings. The predicted octanol–water partition coefficient (Wildman–Crippen LogP) is 7.71. The lowest BCUT2D eigenvalue weighted by Crippen LogP contribution is -2.35. The summed E-state index contributed by atoms with van der Waals surface area (Å²) in [5.41, 5.74) is -3.44. The van der Waals surface area contributed by atoms with Crippen LogP contribution in [0.15, 0.2) is 82.9 Å². The topological polar surface area (TPSA) is 154 Å². The van der Waals surface area contributed by atoms with E-state index in [1.54, 1.807) is 0 Å². The number of aromatic nitrogens is 4. The predicted molar refractivity (Wildman–Crippen MR) is 197 cm³/mol. The average Bonchev–Trinajstić information content (AvgIpc) is 3.90. The van der Waals surface area contributed by atoms with Gasteiger partial charge in [-0.05, 0) is 55.0 Å². The number of nitrogens with one attached hydrogen (secondary N) is 2. The van der Waals surface area contributed by atoms with Gasteiger partial charge in [0.05, 0.1) is 16.7 Å². The summed E-state index contributed by atoms with van der Waals surface area (Å²) in [7, 11) is 0. The van der Waals surface area contributed by atoms with Gasteiger partial charge in [0, 0.05) is 42.5 Å². The lowest BCUT2D eigenvalue weighted by Gasteiger charge is -2.23. The Morgan fingerprint density at radius 2 is 1.24 bits per heavy atom. The van der Waals surface area contributed by atoms with Crippen LogP contribution in [0.3, 0.4) is 0 Å². The van der Waals surface area contributed by atoms with E-state index in [1.165, 1.54) is 30.5 Å². The second-order valence-electron chi connectivity index (χ2n) is 14.7. The molecule has 2 saturated carbocycles. The zero-order valence-corrected chi connectivity index (χ0v) is 31.0. The molecule has 4 heterocycles. The van der Waals surface area contributed by atoms with Crippen molar-refractivity contribution < 1.29 is 45.5 Å². The van der Waals surface area contributed by atoms with Gasteiger partial charge in [-0.1, -0.05) is 57.4 Å². The molecule has 0 spiro atoms. The van der Waals surface area contributed by atoms with E-state index in [9.17, 15) is 50.3 Å². The summed E-state index contributed by atoms with van der Waals surface area (Å²) in [5.74, 6) is -1.89. The molecule has 2 atom stereocenters. The molecule has 0 bridgehead atoms. The van der Waals surface area contributed by atoms with Crippen LogP contribution in [0.25, 0.3) is 0 Å². The third-order valence-electron chi connectivity index (χ3n) is 10.6. The van der Waals surface area contributed by atoms with Gasteiger partial charge in [0.1, 0.15) is 30.3 Å². The Labute approximate surface area is 327 Å². The third-order valence-corrected chi connectivity index (χ3v) is 10.6. The SMILES string of the molecule is O=C(OCc1ccc(NC(=O)[C@H](CC2CCCC2)n2cc(C(F)(F)F)ccc2=O)nc1)c1ccc(NC(=O)[C@H](CC2CCCC2)n2ccc(C(F)(F)F)cc2=O)nc1. The van der Waals surface area contributed by atoms with Gasteiger partial charge in [-0.15, -0.1) is 0 Å². The first-order chi connectivity index (χ1) is 27.5. The highest BCUT2D eigenvalue weighted by Crippen LogP contribution is 2.35. The maximum Gasteiger partial charge on any atom is 0.417 e. The smallest absolute Gasteiger partial charge is 0.417 e. The number of rotatable bonds is 13. The monoisotopic (exact) mass is 814 g/mol. The van der Waals surface area contributed by atoms with Crippen LogP contribution in [0.1, 0.15) is 103 Å². The number of nitrogens with zero attached hydrogens (tertiary/aromatic N) is 4. The largest absolute Gasteiger partial charge is 0.457 e. The number of carbonyl (C=O) groups excluding carboxylic acids is 3. The van der Waals surface area contributed by atoms with Crippen molar-refractivity contribution in [2.24, 2.45) is 11.8 Å². The fraction of sp³-hybridized carbons (Fsp3) is 0.425. The van der Waals surface area contributed by atoms with Crippen molar-refractivity contribution in [2.75, 3.05) is 10.6 Å². The zero-order chi connectivity index (χ0) is 41.6. The van der Waals surface area contributed by atoms with Gasteiger partial charge in [-0.3, -0.25) is 19.2 Å². The molecule has 2 fully saturated rings. The number of esters is 1. The number of hydrogen-bond donors (Lipinski definition) is 2. The number of pyridine rings is 4. The van der Waals surface area contributed by atoms with Crippen molar-refractivity contribution >= 4 is 29.4 Å². The number of halogens is 6. The first-order valence-electron chi connectivity index (χ1n) is 18.8. The van der Waals surface area contributed by atoms with E-state index >= 15 is 0 Å². The lowest BCUT2D eigenvalue weighted by molar-refractivity contribution is -0.138. The molecule has 0 unspecified atom stereocenters. The quantitative estimate of drug-likeness (QED) is 0.103. The summed E-state index contributed by atoms with van der Waals surface area (Å²) in [4.78, 5) is 73.3. The molecule has 308 valence electrons. The Morgan fingerprint density at radius 1 is 0.690 bits per heavy atom. The van der Waals surface area contributed by atoms with Crippen LogP contribution < -0.4 is 21.8 Å². The summed E-state index contributed by atoms with van der Waals surface area (Å²) in [5, 5.41) is 5.18. The number of alkyl halides is 6. The summed E-state index contributed by atoms with van der Waals surface area (Å²) in [6.07, 6.45) is 2.05. The van der Waals surface area contributed by atoms with Gasteiger partial charge in [0.15, 0.2) is 0 Å². The highest BCUT2D eigenvalue weighted by atomic mass is 19.4. The van der Waals surface area contributed by atoms with Crippen molar-refractivity contribution in [3.8, 4) is 0 Å². The molecule has 4 aromatic heterocycles. The van der Waals surface area contributed by atoms with Crippen LogP contribution in [0.2, 0.25) is 0 Å². The van der Waals surface area contributed by atoms with E-state index in [0.717, 1.165) is 85.0 Å². The molecule has 2 aliphatic carbocycles. The zero-order valence-electron chi connectivity index (χ0n) is 31.0. The minimum absolute atomic E-state index is 0.0226. The van der Waals surface area contributed by atoms with Crippen molar-refractivity contribution in [1.29, 1.82) is 0 Å². The molecule has 18 heteroatoms. The van der Waals surface area contributed by atoms with E-state index in [-0.39, 0.29) is 48.5 Å². The van der Waals surface area contributed by atoms with Gasteiger partial charge < -0.3 is 24.5 Å². The maximum atomic E-state index is 13.5. The summed E-state index contributed by atoms with van der Waals surface area (Å²) in [6.45, 7) is -0.243. The van der Waals surface area contributed by atoms with Crippen molar-refractivity contribution in [3.05, 3.63) is 116 Å². The molecule has 2 aliphatic rings. The molecule has 0 aliphatic heterocycles. The molecule has 2 N–H and O–H groups in total. The third kappa shape index (κ3) is 10.6. The second kappa shape index (κ2) is 17.8. The van der Waals surface area contributed by atoms with Gasteiger partial charge in [-0.25, -0.2) is 14.8 Å². The van der Waals surface area contributed by atoms with E-state index in [2.05, 4.69) is 20.6 Å². The normalized spacial score (nSPS) is 16.2. The molecule has 58 heavy (non-hydrogen) atoms. The second-order valence-corrected chi connectivity index (χ2v) is 14.7. The molecule has 0 saturated heterocycles. The molecular formula is C40H40F6N6O6. The van der Waals surface area contributed by atoms with Crippen LogP contribution >= 0.6 is 0 Å². The summed E-state index contributed by atoms with van der Waals surface area (Å²) in [6, 6.07) is 5.98. The molecule has 0 radical (unpaired) electrons. The number of carbonyl (C=O) groups is 3. The van der Waals surface area contributed by atoms with Gasteiger partial charge in [-0.2, -0.15) is 26.3 Å². The van der Waals surface area contributed by atoms with Crippen LogP contribution in [0, 0.1) is 11.8 Å². The maximum absolute atomic E-state index is 13.5. The van der Waals surface area contributed by atoms with Gasteiger partial charge in [0.25, 0.3) is 11.1 Å². The van der Waals surface area contributed by atoms with Crippen molar-refractivity contribution in [3.63, 3.8) is 0 Å². The first-order valence-corrected chi connectivity index (χ1v) is 18.8. The van der Waals surface area contributed by atoms with Gasteiger partial charge >= 0.3 is 18.3 Å². The van der Waals surface area contributed by atoms with E-state index in [1.807, 2.05) is 0 Å². The van der Waals surface area contributed by atoms with E-state index in [0.29, 0.717) is 23.9 Å². The standard InChI is InChI=1S/C40H40F6N6O6/c41-39(42,43)28-15-16-51(35(54)19-28)30(17-24-5-1-2-6-24)36(55)50-33-13-10-27(21-48-33)38(57)58-23-26-9-12-32(47-20-26)49-37(56)31(18-25-7-3-4-8-25)52-22-29(40(44,45)46)11-14-34(52)53/h9-16,19-22,24-25,30-31H,1-8,17-18,23H2,(H,47,49,56)(H,48,50,55)/t30-,31-/m0/s1. The number of amides is 2. The minimum Gasteiger partial charge on any atom is -0.457 e.